The number of likely N-dealkylation sites (tertiary alicyclic amines) is 1. The van der Waals surface area contributed by atoms with Gasteiger partial charge < -0.3 is 4.90 Å². The van der Waals surface area contributed by atoms with Crippen LogP contribution >= 0.6 is 0 Å². The predicted octanol–water partition coefficient (Wildman–Crippen LogP) is 2.43. The van der Waals surface area contributed by atoms with Gasteiger partial charge in [-0.15, -0.1) is 0 Å². The fourth-order valence-electron chi connectivity index (χ4n) is 2.88. The van der Waals surface area contributed by atoms with Gasteiger partial charge in [0.15, 0.2) is 0 Å². The van der Waals surface area contributed by atoms with Gasteiger partial charge in [-0.1, -0.05) is 12.8 Å². The Hall–Kier alpha value is -0.530. The third-order valence-electron chi connectivity index (χ3n) is 3.72. The number of hydrogen-bond donors (Lipinski definition) is 0. The van der Waals surface area contributed by atoms with Gasteiger partial charge >= 0.3 is 0 Å². The normalized spacial score (nSPS) is 33.4. The molecule has 0 spiro atoms. The summed E-state index contributed by atoms with van der Waals surface area (Å²) in [6.45, 7) is 7.43. The molecule has 1 saturated heterocycles. The largest absolute Gasteiger partial charge is 0.337 e. The summed E-state index contributed by atoms with van der Waals surface area (Å²) in [5.41, 5.74) is 0.0222. The van der Waals surface area contributed by atoms with E-state index in [-0.39, 0.29) is 5.54 Å². The van der Waals surface area contributed by atoms with Gasteiger partial charge in [0.1, 0.15) is 0 Å². The van der Waals surface area contributed by atoms with Crippen LogP contribution in [0.15, 0.2) is 0 Å². The molecule has 2 fully saturated rings. The quantitative estimate of drug-likeness (QED) is 0.581. The van der Waals surface area contributed by atoms with Crippen molar-refractivity contribution in [1.29, 1.82) is 0 Å². The van der Waals surface area contributed by atoms with Crippen molar-refractivity contribution in [3.63, 3.8) is 0 Å². The fraction of sp³-hybridized carbons (Fsp3) is 0.917. The molecule has 1 aliphatic carbocycles. The summed E-state index contributed by atoms with van der Waals surface area (Å²) < 4.78 is 0. The molecule has 1 amide bonds. The Morgan fingerprint density at radius 3 is 2.43 bits per heavy atom. The highest BCUT2D eigenvalue weighted by atomic mass is 16.2. The lowest BCUT2D eigenvalue weighted by molar-refractivity contribution is -0.135. The Morgan fingerprint density at radius 2 is 1.86 bits per heavy atom. The number of hydrogen-bond acceptors (Lipinski definition) is 1. The van der Waals surface area contributed by atoms with Crippen LogP contribution in [-0.2, 0) is 4.79 Å². The van der Waals surface area contributed by atoms with Crippen LogP contribution in [0.1, 0.15) is 46.5 Å². The summed E-state index contributed by atoms with van der Waals surface area (Å²) in [5.74, 6) is 1.45. The van der Waals surface area contributed by atoms with E-state index >= 15 is 0 Å². The summed E-state index contributed by atoms with van der Waals surface area (Å²) in [4.78, 5) is 14.2. The molecule has 1 aliphatic heterocycles. The van der Waals surface area contributed by atoms with Crippen LogP contribution < -0.4 is 0 Å². The van der Waals surface area contributed by atoms with Gasteiger partial charge in [0.25, 0.3) is 0 Å². The molecule has 2 heteroatoms. The first-order valence-electron chi connectivity index (χ1n) is 5.81. The van der Waals surface area contributed by atoms with E-state index in [1.54, 1.807) is 0 Å². The standard InChI is InChI=1S/C12H21NO/c1-12(2,3)13-8-9-6-4-5-7-10(9)11(13)14/h9-10H,4-8H2,1-3H3. The maximum Gasteiger partial charge on any atom is 0.226 e. The monoisotopic (exact) mass is 195 g/mol. The van der Waals surface area contributed by atoms with Crippen molar-refractivity contribution in [3.05, 3.63) is 0 Å². The van der Waals surface area contributed by atoms with E-state index in [0.717, 1.165) is 13.0 Å². The van der Waals surface area contributed by atoms with Gasteiger partial charge in [0, 0.05) is 18.0 Å². The lowest BCUT2D eigenvalue weighted by Gasteiger charge is -2.32. The third kappa shape index (κ3) is 1.55. The van der Waals surface area contributed by atoms with Crippen LogP contribution in [0.4, 0.5) is 0 Å². The molecule has 1 saturated carbocycles. The van der Waals surface area contributed by atoms with Crippen LogP contribution in [0, 0.1) is 11.8 Å². The summed E-state index contributed by atoms with van der Waals surface area (Å²) in [6.07, 6.45) is 4.98. The Morgan fingerprint density at radius 1 is 1.21 bits per heavy atom. The molecule has 2 unspecified atom stereocenters. The minimum absolute atomic E-state index is 0.0222. The molecular formula is C12H21NO. The number of carbonyl (C=O) groups excluding carboxylic acids is 1. The molecular weight excluding hydrogens is 174 g/mol. The Labute approximate surface area is 86.7 Å². The van der Waals surface area contributed by atoms with Crippen LogP contribution in [0.5, 0.6) is 0 Å². The van der Waals surface area contributed by atoms with Crippen molar-refractivity contribution in [2.75, 3.05) is 6.54 Å². The van der Waals surface area contributed by atoms with Gasteiger partial charge in [0.05, 0.1) is 0 Å². The second-order valence-corrected chi connectivity index (χ2v) is 5.77. The Bertz CT molecular complexity index is 241. The summed E-state index contributed by atoms with van der Waals surface area (Å²) in [5, 5.41) is 0. The second kappa shape index (κ2) is 3.25. The fourth-order valence-corrected chi connectivity index (χ4v) is 2.88. The average Bonchev–Trinajstić information content (AvgIpc) is 2.44. The van der Waals surface area contributed by atoms with Crippen LogP contribution in [0.25, 0.3) is 0 Å². The van der Waals surface area contributed by atoms with Crippen LogP contribution in [-0.4, -0.2) is 22.9 Å². The lowest BCUT2D eigenvalue weighted by Crippen LogP contribution is -2.43. The molecule has 2 rings (SSSR count). The summed E-state index contributed by atoms with van der Waals surface area (Å²) in [7, 11) is 0. The lowest BCUT2D eigenvalue weighted by atomic mass is 9.81. The average molecular weight is 195 g/mol. The topological polar surface area (TPSA) is 20.3 Å². The van der Waals surface area contributed by atoms with Gasteiger partial charge in [-0.25, -0.2) is 0 Å². The van der Waals surface area contributed by atoms with Gasteiger partial charge in [-0.2, -0.15) is 0 Å². The third-order valence-corrected chi connectivity index (χ3v) is 3.72. The van der Waals surface area contributed by atoms with Crippen molar-refractivity contribution >= 4 is 5.91 Å². The second-order valence-electron chi connectivity index (χ2n) is 5.77. The number of amides is 1. The zero-order valence-electron chi connectivity index (χ0n) is 9.55. The first kappa shape index (κ1) is 10.0. The minimum atomic E-state index is 0.0222. The Balaban J connectivity index is 2.14. The van der Waals surface area contributed by atoms with Crippen molar-refractivity contribution < 1.29 is 4.79 Å². The molecule has 2 atom stereocenters. The molecule has 2 nitrogen and oxygen atoms in total. The van der Waals surface area contributed by atoms with Gasteiger partial charge in [-0.05, 0) is 39.5 Å². The molecule has 0 bridgehead atoms. The summed E-state index contributed by atoms with van der Waals surface area (Å²) >= 11 is 0. The molecule has 0 N–H and O–H groups in total. The van der Waals surface area contributed by atoms with Crippen LogP contribution in [0.2, 0.25) is 0 Å². The van der Waals surface area contributed by atoms with E-state index in [0.29, 0.717) is 17.7 Å². The van der Waals surface area contributed by atoms with Crippen molar-refractivity contribution in [2.45, 2.75) is 52.0 Å². The van der Waals surface area contributed by atoms with Crippen LogP contribution in [0.3, 0.4) is 0 Å². The highest BCUT2D eigenvalue weighted by molar-refractivity contribution is 5.82. The number of nitrogens with zero attached hydrogens (tertiary/aromatic N) is 1. The number of carbonyl (C=O) groups is 1. The Kier molecular flexibility index (Phi) is 2.32. The molecule has 1 heterocycles. The highest BCUT2D eigenvalue weighted by Gasteiger charge is 2.44. The molecule has 2 aliphatic rings. The highest BCUT2D eigenvalue weighted by Crippen LogP contribution is 2.39. The predicted molar refractivity (Wildman–Crippen MR) is 56.9 cm³/mol. The molecule has 0 aromatic heterocycles. The van der Waals surface area contributed by atoms with Crippen molar-refractivity contribution in [3.8, 4) is 0 Å². The zero-order chi connectivity index (χ0) is 10.3. The van der Waals surface area contributed by atoms with E-state index < -0.39 is 0 Å². The van der Waals surface area contributed by atoms with E-state index in [1.807, 2.05) is 0 Å². The maximum absolute atomic E-state index is 12.1. The van der Waals surface area contributed by atoms with E-state index in [2.05, 4.69) is 25.7 Å². The SMILES string of the molecule is CC(C)(C)N1CC2CCCCC2C1=O. The molecule has 0 radical (unpaired) electrons. The first-order chi connectivity index (χ1) is 6.50. The molecule has 0 aromatic carbocycles. The van der Waals surface area contributed by atoms with Crippen molar-refractivity contribution in [1.82, 2.24) is 4.90 Å². The summed E-state index contributed by atoms with van der Waals surface area (Å²) in [6, 6.07) is 0. The molecule has 80 valence electrons. The van der Waals surface area contributed by atoms with Crippen molar-refractivity contribution in [2.24, 2.45) is 11.8 Å². The minimum Gasteiger partial charge on any atom is -0.337 e. The number of fused-ring (bicyclic) bond motifs is 1. The van der Waals surface area contributed by atoms with E-state index in [4.69, 9.17) is 0 Å². The zero-order valence-corrected chi connectivity index (χ0v) is 9.55. The number of rotatable bonds is 0. The molecule has 14 heavy (non-hydrogen) atoms. The van der Waals surface area contributed by atoms with Gasteiger partial charge in [-0.3, -0.25) is 4.79 Å². The molecule has 0 aromatic rings. The van der Waals surface area contributed by atoms with E-state index in [1.165, 1.54) is 19.3 Å². The first-order valence-corrected chi connectivity index (χ1v) is 5.81. The van der Waals surface area contributed by atoms with E-state index in [9.17, 15) is 4.79 Å². The van der Waals surface area contributed by atoms with Gasteiger partial charge in [0.2, 0.25) is 5.91 Å². The smallest absolute Gasteiger partial charge is 0.226 e. The maximum atomic E-state index is 12.1.